The first-order valence-corrected chi connectivity index (χ1v) is 9.27. The normalized spacial score (nSPS) is 10.9. The van der Waals surface area contributed by atoms with E-state index < -0.39 is 0 Å². The number of aryl methyl sites for hydroxylation is 1. The summed E-state index contributed by atoms with van der Waals surface area (Å²) in [6.07, 6.45) is 0.776. The van der Waals surface area contributed by atoms with Crippen molar-refractivity contribution in [2.75, 3.05) is 12.4 Å². The van der Waals surface area contributed by atoms with Crippen LogP contribution in [0.3, 0.4) is 0 Å². The van der Waals surface area contributed by atoms with Crippen molar-refractivity contribution in [1.29, 1.82) is 0 Å². The zero-order valence-corrected chi connectivity index (χ0v) is 15.7. The summed E-state index contributed by atoms with van der Waals surface area (Å²) in [5.74, 6) is 1.16. The van der Waals surface area contributed by atoms with E-state index in [-0.39, 0.29) is 5.91 Å². The molecule has 0 saturated heterocycles. The summed E-state index contributed by atoms with van der Waals surface area (Å²) in [6, 6.07) is 14.7. The number of hydrogen-bond donors (Lipinski definition) is 1. The first-order valence-electron chi connectivity index (χ1n) is 8.45. The molecule has 8 heteroatoms. The minimum absolute atomic E-state index is 0.216. The Bertz CT molecular complexity index is 1100. The van der Waals surface area contributed by atoms with Crippen LogP contribution in [-0.2, 0) is 6.42 Å². The lowest BCUT2D eigenvalue weighted by Gasteiger charge is -2.09. The number of rotatable bonds is 5. The first kappa shape index (κ1) is 17.2. The van der Waals surface area contributed by atoms with E-state index in [0.717, 1.165) is 27.8 Å². The van der Waals surface area contributed by atoms with Crippen LogP contribution >= 0.6 is 11.3 Å². The molecule has 0 fully saturated rings. The number of carbonyl (C=O) groups excluding carboxylic acids is 1. The second-order valence-corrected chi connectivity index (χ2v) is 6.76. The van der Waals surface area contributed by atoms with Gasteiger partial charge >= 0.3 is 0 Å². The van der Waals surface area contributed by atoms with E-state index in [0.29, 0.717) is 17.0 Å². The lowest BCUT2D eigenvalue weighted by molar-refractivity contribution is 0.102. The number of nitrogens with zero attached hydrogens (tertiary/aromatic N) is 4. The van der Waals surface area contributed by atoms with Gasteiger partial charge in [0.25, 0.3) is 5.91 Å². The molecule has 1 amide bonds. The Morgan fingerprint density at radius 2 is 1.93 bits per heavy atom. The zero-order chi connectivity index (χ0) is 18.8. The smallest absolute Gasteiger partial charge is 0.259 e. The minimum Gasteiger partial charge on any atom is -0.496 e. The van der Waals surface area contributed by atoms with Crippen molar-refractivity contribution in [2.24, 2.45) is 0 Å². The molecule has 0 spiro atoms. The van der Waals surface area contributed by atoms with Crippen LogP contribution < -0.4 is 10.1 Å². The highest BCUT2D eigenvalue weighted by Gasteiger charge is 2.13. The topological polar surface area (TPSA) is 81.4 Å². The van der Waals surface area contributed by atoms with Crippen molar-refractivity contribution in [1.82, 2.24) is 19.8 Å². The number of para-hydroxylation sites is 1. The van der Waals surface area contributed by atoms with Gasteiger partial charge < -0.3 is 10.1 Å². The van der Waals surface area contributed by atoms with E-state index in [1.165, 1.54) is 11.3 Å². The van der Waals surface area contributed by atoms with Gasteiger partial charge in [0.05, 0.1) is 12.7 Å². The molecular formula is C19H17N5O2S. The van der Waals surface area contributed by atoms with Crippen molar-refractivity contribution in [2.45, 2.75) is 13.3 Å². The summed E-state index contributed by atoms with van der Waals surface area (Å²) in [5.41, 5.74) is 2.15. The van der Waals surface area contributed by atoms with Gasteiger partial charge in [0.2, 0.25) is 4.96 Å². The number of anilines is 1. The minimum atomic E-state index is -0.216. The number of nitrogens with one attached hydrogen (secondary N) is 1. The number of benzene rings is 2. The van der Waals surface area contributed by atoms with Crippen LogP contribution in [0.15, 0.2) is 48.5 Å². The summed E-state index contributed by atoms with van der Waals surface area (Å²) in [7, 11) is 1.55. The molecular weight excluding hydrogens is 362 g/mol. The number of fused-ring (bicyclic) bond motifs is 1. The van der Waals surface area contributed by atoms with E-state index in [4.69, 9.17) is 4.74 Å². The number of aromatic nitrogens is 4. The molecule has 4 rings (SSSR count). The molecule has 2 aromatic carbocycles. The van der Waals surface area contributed by atoms with Crippen LogP contribution in [0.25, 0.3) is 15.5 Å². The molecule has 0 saturated carbocycles. The molecule has 2 aromatic heterocycles. The standard InChI is InChI=1S/C19H17N5O2S/c1-3-16-21-22-19-24(16)23-18(27-19)12-8-10-13(11-9-12)20-17(25)14-6-4-5-7-15(14)26-2/h4-11H,3H2,1-2H3,(H,20,25). The van der Waals surface area contributed by atoms with E-state index in [1.54, 1.807) is 29.8 Å². The van der Waals surface area contributed by atoms with Crippen LogP contribution in [0.1, 0.15) is 23.1 Å². The Morgan fingerprint density at radius 3 is 2.67 bits per heavy atom. The van der Waals surface area contributed by atoms with Gasteiger partial charge in [-0.05, 0) is 36.4 Å². The van der Waals surface area contributed by atoms with Gasteiger partial charge in [-0.15, -0.1) is 10.2 Å². The fraction of sp³-hybridized carbons (Fsp3) is 0.158. The van der Waals surface area contributed by atoms with E-state index >= 15 is 0 Å². The molecule has 0 atom stereocenters. The predicted octanol–water partition coefficient (Wildman–Crippen LogP) is 3.68. The summed E-state index contributed by atoms with van der Waals surface area (Å²) >= 11 is 1.48. The SMILES string of the molecule is CCc1nnc2sc(-c3ccc(NC(=O)c4ccccc4OC)cc3)nn12. The zero-order valence-electron chi connectivity index (χ0n) is 14.8. The van der Waals surface area contributed by atoms with Crippen LogP contribution in [0.4, 0.5) is 5.69 Å². The third kappa shape index (κ3) is 3.26. The highest BCUT2D eigenvalue weighted by molar-refractivity contribution is 7.19. The van der Waals surface area contributed by atoms with Gasteiger partial charge in [-0.2, -0.15) is 9.61 Å². The molecule has 136 valence electrons. The maximum Gasteiger partial charge on any atom is 0.259 e. The number of carbonyl (C=O) groups is 1. The van der Waals surface area contributed by atoms with Gasteiger partial charge in [-0.3, -0.25) is 4.79 Å². The number of methoxy groups -OCH3 is 1. The van der Waals surface area contributed by atoms with Crippen molar-refractivity contribution in [3.63, 3.8) is 0 Å². The first-order chi connectivity index (χ1) is 13.2. The van der Waals surface area contributed by atoms with Crippen LogP contribution in [-0.4, -0.2) is 32.8 Å². The summed E-state index contributed by atoms with van der Waals surface area (Å²) < 4.78 is 7.02. The van der Waals surface area contributed by atoms with Crippen LogP contribution in [0.5, 0.6) is 5.75 Å². The molecule has 0 bridgehead atoms. The number of hydrogen-bond acceptors (Lipinski definition) is 6. The fourth-order valence-corrected chi connectivity index (χ4v) is 3.59. The van der Waals surface area contributed by atoms with Gasteiger partial charge in [0.1, 0.15) is 10.8 Å². The average molecular weight is 379 g/mol. The molecule has 1 N–H and O–H groups in total. The second kappa shape index (κ2) is 7.16. The summed E-state index contributed by atoms with van der Waals surface area (Å²) in [4.78, 5) is 13.3. The van der Waals surface area contributed by atoms with Crippen molar-refractivity contribution < 1.29 is 9.53 Å². The van der Waals surface area contributed by atoms with Crippen LogP contribution in [0.2, 0.25) is 0 Å². The van der Waals surface area contributed by atoms with Crippen LogP contribution in [0, 0.1) is 0 Å². The molecule has 7 nitrogen and oxygen atoms in total. The Hall–Kier alpha value is -3.26. The fourth-order valence-electron chi connectivity index (χ4n) is 2.72. The molecule has 0 radical (unpaired) electrons. The van der Waals surface area contributed by atoms with E-state index in [2.05, 4.69) is 20.6 Å². The molecule has 0 aliphatic heterocycles. The number of ether oxygens (including phenoxy) is 1. The summed E-state index contributed by atoms with van der Waals surface area (Å²) in [5, 5.41) is 16.6. The predicted molar refractivity (Wildman–Crippen MR) is 104 cm³/mol. The van der Waals surface area contributed by atoms with E-state index in [1.807, 2.05) is 37.3 Å². The van der Waals surface area contributed by atoms with Gasteiger partial charge in [0, 0.05) is 17.7 Å². The maximum absolute atomic E-state index is 12.5. The Labute approximate surface area is 159 Å². The molecule has 0 aliphatic carbocycles. The van der Waals surface area contributed by atoms with E-state index in [9.17, 15) is 4.79 Å². The monoisotopic (exact) mass is 379 g/mol. The summed E-state index contributed by atoms with van der Waals surface area (Å²) in [6.45, 7) is 2.02. The lowest BCUT2D eigenvalue weighted by atomic mass is 10.1. The quantitative estimate of drug-likeness (QED) is 0.572. The molecule has 0 aliphatic rings. The van der Waals surface area contributed by atoms with Gasteiger partial charge in [0.15, 0.2) is 5.82 Å². The van der Waals surface area contributed by atoms with Crippen molar-refractivity contribution >= 4 is 27.9 Å². The molecule has 2 heterocycles. The molecule has 4 aromatic rings. The molecule has 0 unspecified atom stereocenters. The third-order valence-corrected chi connectivity index (χ3v) is 5.06. The van der Waals surface area contributed by atoms with Gasteiger partial charge in [-0.1, -0.05) is 30.4 Å². The Kier molecular flexibility index (Phi) is 4.55. The van der Waals surface area contributed by atoms with Crippen molar-refractivity contribution in [3.8, 4) is 16.3 Å². The maximum atomic E-state index is 12.5. The Morgan fingerprint density at radius 1 is 1.15 bits per heavy atom. The average Bonchev–Trinajstić information content (AvgIpc) is 3.29. The molecule has 27 heavy (non-hydrogen) atoms. The Balaban J connectivity index is 1.54. The second-order valence-electron chi connectivity index (χ2n) is 5.80. The third-order valence-electron chi connectivity index (χ3n) is 4.11. The lowest BCUT2D eigenvalue weighted by Crippen LogP contribution is -2.12. The largest absolute Gasteiger partial charge is 0.496 e. The van der Waals surface area contributed by atoms with Gasteiger partial charge in [-0.25, -0.2) is 0 Å². The number of amides is 1. The highest BCUT2D eigenvalue weighted by Crippen LogP contribution is 2.27. The van der Waals surface area contributed by atoms with Crippen molar-refractivity contribution in [3.05, 3.63) is 59.9 Å². The highest BCUT2D eigenvalue weighted by atomic mass is 32.1.